The van der Waals surface area contributed by atoms with Gasteiger partial charge >= 0.3 is 0 Å². The van der Waals surface area contributed by atoms with E-state index in [4.69, 9.17) is 9.47 Å². The Hall–Kier alpha value is -2.69. The fourth-order valence-electron chi connectivity index (χ4n) is 2.22. The van der Waals surface area contributed by atoms with Crippen LogP contribution in [0.5, 0.6) is 11.5 Å². The van der Waals surface area contributed by atoms with Gasteiger partial charge in [-0.3, -0.25) is 4.79 Å². The zero-order chi connectivity index (χ0) is 16.7. The molecule has 0 atom stereocenters. The minimum absolute atomic E-state index is 0.0417. The van der Waals surface area contributed by atoms with Crippen molar-refractivity contribution in [3.8, 4) is 11.5 Å². The van der Waals surface area contributed by atoms with Crippen molar-refractivity contribution in [3.63, 3.8) is 0 Å². The van der Waals surface area contributed by atoms with Gasteiger partial charge in [-0.25, -0.2) is 0 Å². The van der Waals surface area contributed by atoms with Gasteiger partial charge < -0.3 is 19.7 Å². The van der Waals surface area contributed by atoms with Crippen molar-refractivity contribution >= 4 is 17.3 Å². The summed E-state index contributed by atoms with van der Waals surface area (Å²) in [6.07, 6.45) is 0.403. The van der Waals surface area contributed by atoms with Crippen LogP contribution in [0.25, 0.3) is 0 Å². The molecular weight excluding hydrogens is 292 g/mol. The summed E-state index contributed by atoms with van der Waals surface area (Å²) in [6, 6.07) is 15.3. The van der Waals surface area contributed by atoms with Gasteiger partial charge in [0.2, 0.25) is 5.91 Å². The highest BCUT2D eigenvalue weighted by atomic mass is 16.5. The molecule has 0 bridgehead atoms. The Morgan fingerprint density at radius 1 is 1.04 bits per heavy atom. The second-order valence-electron chi connectivity index (χ2n) is 5.13. The number of anilines is 2. The van der Waals surface area contributed by atoms with Crippen molar-refractivity contribution in [2.75, 3.05) is 38.0 Å². The van der Waals surface area contributed by atoms with Gasteiger partial charge in [-0.1, -0.05) is 18.2 Å². The van der Waals surface area contributed by atoms with Crippen LogP contribution in [0.3, 0.4) is 0 Å². The number of methoxy groups -OCH3 is 2. The maximum atomic E-state index is 12.1. The number of benzene rings is 2. The fraction of sp³-hybridized carbons (Fsp3) is 0.278. The number of para-hydroxylation sites is 1. The number of amides is 1. The first-order valence-electron chi connectivity index (χ1n) is 7.42. The number of rotatable bonds is 7. The summed E-state index contributed by atoms with van der Waals surface area (Å²) in [5.41, 5.74) is 1.78. The number of carbonyl (C=O) groups excluding carboxylic acids is 1. The van der Waals surface area contributed by atoms with E-state index in [2.05, 4.69) is 5.32 Å². The Bertz CT molecular complexity index is 644. The van der Waals surface area contributed by atoms with Gasteiger partial charge in [0.05, 0.1) is 14.2 Å². The largest absolute Gasteiger partial charge is 0.493 e. The quantitative estimate of drug-likeness (QED) is 0.853. The molecule has 2 aromatic rings. The molecule has 0 spiro atoms. The molecular formula is C18H22N2O3. The molecule has 0 aliphatic heterocycles. The highest BCUT2D eigenvalue weighted by Gasteiger charge is 2.09. The predicted octanol–water partition coefficient (Wildman–Crippen LogP) is 3.17. The molecule has 5 heteroatoms. The van der Waals surface area contributed by atoms with E-state index in [0.29, 0.717) is 30.2 Å². The number of ether oxygens (including phenoxy) is 2. The van der Waals surface area contributed by atoms with Crippen molar-refractivity contribution in [3.05, 3.63) is 48.5 Å². The smallest absolute Gasteiger partial charge is 0.226 e. The van der Waals surface area contributed by atoms with E-state index in [-0.39, 0.29) is 5.91 Å². The Morgan fingerprint density at radius 2 is 1.74 bits per heavy atom. The molecule has 2 rings (SSSR count). The minimum atomic E-state index is -0.0417. The first kappa shape index (κ1) is 16.7. The van der Waals surface area contributed by atoms with Gasteiger partial charge in [-0.2, -0.15) is 0 Å². The van der Waals surface area contributed by atoms with Gasteiger partial charge in [-0.15, -0.1) is 0 Å². The van der Waals surface area contributed by atoms with Crippen molar-refractivity contribution in [2.45, 2.75) is 6.42 Å². The summed E-state index contributed by atoms with van der Waals surface area (Å²) in [5.74, 6) is 1.18. The molecule has 2 aromatic carbocycles. The number of carbonyl (C=O) groups is 1. The molecule has 1 amide bonds. The Morgan fingerprint density at radius 3 is 2.39 bits per heavy atom. The Kier molecular flexibility index (Phi) is 5.86. The molecule has 0 aliphatic carbocycles. The van der Waals surface area contributed by atoms with Crippen LogP contribution in [0.2, 0.25) is 0 Å². The Labute approximate surface area is 136 Å². The number of nitrogens with zero attached hydrogens (tertiary/aromatic N) is 1. The van der Waals surface area contributed by atoms with Crippen LogP contribution in [-0.4, -0.2) is 33.7 Å². The lowest BCUT2D eigenvalue weighted by atomic mass is 10.2. The van der Waals surface area contributed by atoms with Crippen LogP contribution in [0.1, 0.15) is 6.42 Å². The van der Waals surface area contributed by atoms with Gasteiger partial charge in [0, 0.05) is 37.5 Å². The average Bonchev–Trinajstić information content (AvgIpc) is 2.60. The molecule has 122 valence electrons. The third-order valence-electron chi connectivity index (χ3n) is 3.54. The summed E-state index contributed by atoms with van der Waals surface area (Å²) in [5, 5.41) is 2.87. The van der Waals surface area contributed by atoms with E-state index in [1.807, 2.05) is 42.3 Å². The molecule has 5 nitrogen and oxygen atoms in total. The van der Waals surface area contributed by atoms with E-state index in [1.54, 1.807) is 32.4 Å². The maximum Gasteiger partial charge on any atom is 0.226 e. The van der Waals surface area contributed by atoms with Crippen LogP contribution >= 0.6 is 0 Å². The van der Waals surface area contributed by atoms with Crippen LogP contribution < -0.4 is 19.7 Å². The van der Waals surface area contributed by atoms with Crippen molar-refractivity contribution in [1.82, 2.24) is 0 Å². The lowest BCUT2D eigenvalue weighted by molar-refractivity contribution is -0.116. The summed E-state index contributed by atoms with van der Waals surface area (Å²) in [7, 11) is 5.12. The molecule has 0 aliphatic rings. The molecule has 1 N–H and O–H groups in total. The van der Waals surface area contributed by atoms with Crippen LogP contribution in [-0.2, 0) is 4.79 Å². The lowest BCUT2D eigenvalue weighted by Gasteiger charge is -2.19. The number of nitrogens with one attached hydrogen (secondary N) is 1. The molecule has 0 unspecified atom stereocenters. The second kappa shape index (κ2) is 8.08. The van der Waals surface area contributed by atoms with Crippen LogP contribution in [0.15, 0.2) is 48.5 Å². The highest BCUT2D eigenvalue weighted by molar-refractivity contribution is 5.91. The molecule has 23 heavy (non-hydrogen) atoms. The molecule has 0 heterocycles. The summed E-state index contributed by atoms with van der Waals surface area (Å²) in [6.45, 7) is 0.642. The van der Waals surface area contributed by atoms with Crippen molar-refractivity contribution in [2.24, 2.45) is 0 Å². The first-order chi connectivity index (χ1) is 11.1. The monoisotopic (exact) mass is 314 g/mol. The fourth-order valence-corrected chi connectivity index (χ4v) is 2.22. The number of hydrogen-bond acceptors (Lipinski definition) is 4. The molecule has 0 aromatic heterocycles. The van der Waals surface area contributed by atoms with E-state index in [1.165, 1.54) is 0 Å². The summed E-state index contributed by atoms with van der Waals surface area (Å²) in [4.78, 5) is 14.1. The molecule has 0 fully saturated rings. The third-order valence-corrected chi connectivity index (χ3v) is 3.54. The molecule has 0 saturated carbocycles. The second-order valence-corrected chi connectivity index (χ2v) is 5.13. The SMILES string of the molecule is COc1ccc(NC(=O)CCN(C)c2ccccc2)cc1OC. The van der Waals surface area contributed by atoms with Crippen LogP contribution in [0.4, 0.5) is 11.4 Å². The van der Waals surface area contributed by atoms with Gasteiger partial charge in [0.25, 0.3) is 0 Å². The first-order valence-corrected chi connectivity index (χ1v) is 7.42. The van der Waals surface area contributed by atoms with Gasteiger partial charge in [0.1, 0.15) is 0 Å². The van der Waals surface area contributed by atoms with E-state index >= 15 is 0 Å². The molecule has 0 radical (unpaired) electrons. The van der Waals surface area contributed by atoms with Crippen LogP contribution in [0, 0.1) is 0 Å². The average molecular weight is 314 g/mol. The standard InChI is InChI=1S/C18H22N2O3/c1-20(15-7-5-4-6-8-15)12-11-18(21)19-14-9-10-16(22-2)17(13-14)23-3/h4-10,13H,11-12H2,1-3H3,(H,19,21). The zero-order valence-corrected chi connectivity index (χ0v) is 13.7. The van der Waals surface area contributed by atoms with Gasteiger partial charge in [-0.05, 0) is 24.3 Å². The minimum Gasteiger partial charge on any atom is -0.493 e. The summed E-state index contributed by atoms with van der Waals surface area (Å²) >= 11 is 0. The van der Waals surface area contributed by atoms with Gasteiger partial charge in [0.15, 0.2) is 11.5 Å². The summed E-state index contributed by atoms with van der Waals surface area (Å²) < 4.78 is 10.4. The third kappa shape index (κ3) is 4.64. The maximum absolute atomic E-state index is 12.1. The predicted molar refractivity (Wildman–Crippen MR) is 92.5 cm³/mol. The highest BCUT2D eigenvalue weighted by Crippen LogP contribution is 2.29. The number of hydrogen-bond donors (Lipinski definition) is 1. The lowest BCUT2D eigenvalue weighted by Crippen LogP contribution is -2.23. The van der Waals surface area contributed by atoms with E-state index in [0.717, 1.165) is 5.69 Å². The van der Waals surface area contributed by atoms with E-state index < -0.39 is 0 Å². The van der Waals surface area contributed by atoms with E-state index in [9.17, 15) is 4.79 Å². The molecule has 0 saturated heterocycles. The Balaban J connectivity index is 1.90. The zero-order valence-electron chi connectivity index (χ0n) is 13.7. The normalized spacial score (nSPS) is 10.0. The topological polar surface area (TPSA) is 50.8 Å². The van der Waals surface area contributed by atoms with Crippen molar-refractivity contribution < 1.29 is 14.3 Å². The van der Waals surface area contributed by atoms with Crippen molar-refractivity contribution in [1.29, 1.82) is 0 Å².